The lowest BCUT2D eigenvalue weighted by atomic mass is 9.79. The standard InChI is InChI=1S/C20H31N3O.2ClH/c1-4-22(17-9-10-17)13-15-5-7-16(8-6-15)19(24)23-12-11-18(21)20(2,3)14-23;;/h5-8,17-18H,4,9-14,21H2,1-3H3;2*1H. The molecule has 0 aromatic heterocycles. The number of nitrogens with two attached hydrogens (primary N) is 1. The Morgan fingerprint density at radius 1 is 1.19 bits per heavy atom. The molecule has 2 N–H and O–H groups in total. The summed E-state index contributed by atoms with van der Waals surface area (Å²) < 4.78 is 0. The first-order valence-electron chi connectivity index (χ1n) is 9.28. The smallest absolute Gasteiger partial charge is 0.253 e. The number of piperidine rings is 1. The van der Waals surface area contributed by atoms with Gasteiger partial charge in [0, 0.05) is 37.3 Å². The largest absolute Gasteiger partial charge is 0.338 e. The van der Waals surface area contributed by atoms with E-state index >= 15 is 0 Å². The van der Waals surface area contributed by atoms with Crippen LogP contribution in [-0.2, 0) is 6.54 Å². The highest BCUT2D eigenvalue weighted by molar-refractivity contribution is 5.94. The lowest BCUT2D eigenvalue weighted by Crippen LogP contribution is -2.53. The van der Waals surface area contributed by atoms with E-state index in [0.29, 0.717) is 0 Å². The van der Waals surface area contributed by atoms with Gasteiger partial charge in [-0.1, -0.05) is 32.9 Å². The highest BCUT2D eigenvalue weighted by Crippen LogP contribution is 2.29. The van der Waals surface area contributed by atoms with Crippen LogP contribution in [0.25, 0.3) is 0 Å². The maximum Gasteiger partial charge on any atom is 0.253 e. The van der Waals surface area contributed by atoms with Gasteiger partial charge in [0.15, 0.2) is 0 Å². The van der Waals surface area contributed by atoms with E-state index in [9.17, 15) is 4.79 Å². The number of likely N-dealkylation sites (tertiary alicyclic amines) is 1. The SMILES string of the molecule is CCN(Cc1ccc(C(=O)N2CCC(N)C(C)(C)C2)cc1)C1CC1.Cl.Cl. The number of halogens is 2. The molecule has 2 fully saturated rings. The summed E-state index contributed by atoms with van der Waals surface area (Å²) in [5.41, 5.74) is 8.25. The first-order valence-corrected chi connectivity index (χ1v) is 9.28. The van der Waals surface area contributed by atoms with Crippen LogP contribution in [0, 0.1) is 5.41 Å². The summed E-state index contributed by atoms with van der Waals surface area (Å²) in [6.45, 7) is 10.1. The minimum absolute atomic E-state index is 0. The molecule has 1 aromatic rings. The molecule has 1 saturated carbocycles. The maximum atomic E-state index is 12.8. The lowest BCUT2D eigenvalue weighted by molar-refractivity contribution is 0.0533. The molecule has 4 nitrogen and oxygen atoms in total. The van der Waals surface area contributed by atoms with E-state index in [1.807, 2.05) is 17.0 Å². The fourth-order valence-corrected chi connectivity index (χ4v) is 3.66. The number of hydrogen-bond acceptors (Lipinski definition) is 3. The first kappa shape index (κ1) is 23.2. The molecule has 2 aliphatic rings. The van der Waals surface area contributed by atoms with Crippen LogP contribution in [0.4, 0.5) is 0 Å². The minimum atomic E-state index is -0.0141. The van der Waals surface area contributed by atoms with E-state index in [4.69, 9.17) is 5.73 Å². The van der Waals surface area contributed by atoms with Gasteiger partial charge in [-0.05, 0) is 48.9 Å². The first-order chi connectivity index (χ1) is 11.4. The van der Waals surface area contributed by atoms with Crippen LogP contribution in [0.2, 0.25) is 0 Å². The highest BCUT2D eigenvalue weighted by atomic mass is 35.5. The minimum Gasteiger partial charge on any atom is -0.338 e. The Hall–Kier alpha value is -0.810. The van der Waals surface area contributed by atoms with Crippen LogP contribution in [0.3, 0.4) is 0 Å². The van der Waals surface area contributed by atoms with Crippen LogP contribution in [0.5, 0.6) is 0 Å². The quantitative estimate of drug-likeness (QED) is 0.817. The van der Waals surface area contributed by atoms with Gasteiger partial charge in [-0.3, -0.25) is 9.69 Å². The summed E-state index contributed by atoms with van der Waals surface area (Å²) >= 11 is 0. The molecule has 26 heavy (non-hydrogen) atoms. The van der Waals surface area contributed by atoms with Gasteiger partial charge in [0.05, 0.1) is 0 Å². The van der Waals surface area contributed by atoms with Crippen molar-refractivity contribution in [2.45, 2.75) is 58.7 Å². The van der Waals surface area contributed by atoms with Gasteiger partial charge >= 0.3 is 0 Å². The fourth-order valence-electron chi connectivity index (χ4n) is 3.66. The zero-order chi connectivity index (χ0) is 17.3. The monoisotopic (exact) mass is 401 g/mol. The second-order valence-electron chi connectivity index (χ2n) is 8.10. The predicted octanol–water partition coefficient (Wildman–Crippen LogP) is 3.71. The van der Waals surface area contributed by atoms with E-state index in [0.717, 1.165) is 44.2 Å². The van der Waals surface area contributed by atoms with Crippen molar-refractivity contribution in [3.05, 3.63) is 35.4 Å². The summed E-state index contributed by atoms with van der Waals surface area (Å²) in [5.74, 6) is 0.135. The van der Waals surface area contributed by atoms with Gasteiger partial charge in [-0.25, -0.2) is 0 Å². The molecule has 1 unspecified atom stereocenters. The summed E-state index contributed by atoms with van der Waals surface area (Å²) in [5, 5.41) is 0. The molecule has 1 aromatic carbocycles. The molecule has 1 saturated heterocycles. The molecule has 0 radical (unpaired) electrons. The summed E-state index contributed by atoms with van der Waals surface area (Å²) in [6.07, 6.45) is 3.54. The van der Waals surface area contributed by atoms with Gasteiger partial charge in [0.2, 0.25) is 0 Å². The molecule has 1 atom stereocenters. The second kappa shape index (κ2) is 9.41. The van der Waals surface area contributed by atoms with Crippen LogP contribution in [0.15, 0.2) is 24.3 Å². The van der Waals surface area contributed by atoms with Crippen molar-refractivity contribution in [1.82, 2.24) is 9.80 Å². The second-order valence-corrected chi connectivity index (χ2v) is 8.10. The van der Waals surface area contributed by atoms with Gasteiger partial charge in [-0.2, -0.15) is 0 Å². The van der Waals surface area contributed by atoms with Crippen molar-refractivity contribution in [3.8, 4) is 0 Å². The summed E-state index contributed by atoms with van der Waals surface area (Å²) in [6, 6.07) is 9.14. The van der Waals surface area contributed by atoms with Gasteiger partial charge < -0.3 is 10.6 Å². The topological polar surface area (TPSA) is 49.6 Å². The zero-order valence-electron chi connectivity index (χ0n) is 16.1. The number of rotatable bonds is 5. The van der Waals surface area contributed by atoms with E-state index in [-0.39, 0.29) is 42.2 Å². The molecule has 1 aliphatic heterocycles. The number of carbonyl (C=O) groups excluding carboxylic acids is 1. The number of amides is 1. The van der Waals surface area contributed by atoms with Crippen molar-refractivity contribution in [3.63, 3.8) is 0 Å². The Kier molecular flexibility index (Phi) is 8.40. The number of benzene rings is 1. The Balaban J connectivity index is 0.00000169. The van der Waals surface area contributed by atoms with E-state index in [1.165, 1.54) is 18.4 Å². The van der Waals surface area contributed by atoms with Crippen molar-refractivity contribution in [2.24, 2.45) is 11.1 Å². The Bertz CT molecular complexity index is 587. The average Bonchev–Trinajstić information content (AvgIpc) is 3.40. The van der Waals surface area contributed by atoms with E-state index < -0.39 is 0 Å². The summed E-state index contributed by atoms with van der Waals surface area (Å²) in [4.78, 5) is 17.3. The Labute approximate surface area is 170 Å². The molecule has 0 bridgehead atoms. The fraction of sp³-hybridized carbons (Fsp3) is 0.650. The predicted molar refractivity (Wildman–Crippen MR) is 112 cm³/mol. The maximum absolute atomic E-state index is 12.8. The van der Waals surface area contributed by atoms with E-state index in [2.05, 4.69) is 37.8 Å². The summed E-state index contributed by atoms with van der Waals surface area (Å²) in [7, 11) is 0. The van der Waals surface area contributed by atoms with Crippen molar-refractivity contribution >= 4 is 30.7 Å². The van der Waals surface area contributed by atoms with Gasteiger partial charge in [0.25, 0.3) is 5.91 Å². The molecule has 0 spiro atoms. The van der Waals surface area contributed by atoms with Gasteiger partial charge in [0.1, 0.15) is 0 Å². The van der Waals surface area contributed by atoms with Crippen LogP contribution < -0.4 is 5.73 Å². The van der Waals surface area contributed by atoms with Crippen LogP contribution in [-0.4, -0.2) is 47.4 Å². The molecule has 1 heterocycles. The highest BCUT2D eigenvalue weighted by Gasteiger charge is 2.35. The third kappa shape index (κ3) is 5.35. The Morgan fingerprint density at radius 3 is 2.31 bits per heavy atom. The molecular weight excluding hydrogens is 369 g/mol. The van der Waals surface area contributed by atoms with Crippen LogP contribution in [0.1, 0.15) is 56.0 Å². The number of hydrogen-bond donors (Lipinski definition) is 1. The van der Waals surface area contributed by atoms with Crippen LogP contribution >= 0.6 is 24.8 Å². The number of nitrogens with zero attached hydrogens (tertiary/aromatic N) is 2. The van der Waals surface area contributed by atoms with Crippen molar-refractivity contribution in [2.75, 3.05) is 19.6 Å². The third-order valence-electron chi connectivity index (χ3n) is 5.66. The van der Waals surface area contributed by atoms with E-state index in [1.54, 1.807) is 0 Å². The molecule has 1 aliphatic carbocycles. The molecule has 3 rings (SSSR count). The normalized spacial score (nSPS) is 21.7. The molecule has 6 heteroatoms. The average molecular weight is 402 g/mol. The van der Waals surface area contributed by atoms with Crippen molar-refractivity contribution in [1.29, 1.82) is 0 Å². The van der Waals surface area contributed by atoms with Gasteiger partial charge in [-0.15, -0.1) is 24.8 Å². The Morgan fingerprint density at radius 2 is 1.81 bits per heavy atom. The lowest BCUT2D eigenvalue weighted by Gasteiger charge is -2.42. The molecule has 148 valence electrons. The molecular formula is C20H33Cl2N3O. The molecule has 1 amide bonds. The zero-order valence-corrected chi connectivity index (χ0v) is 17.7. The van der Waals surface area contributed by atoms with Crippen molar-refractivity contribution < 1.29 is 4.79 Å². The number of carbonyl (C=O) groups is 1. The third-order valence-corrected chi connectivity index (χ3v) is 5.66.